The van der Waals surface area contributed by atoms with Gasteiger partial charge in [0.2, 0.25) is 0 Å². The highest BCUT2D eigenvalue weighted by Gasteiger charge is 2.24. The Morgan fingerprint density at radius 1 is 1.38 bits per heavy atom. The molecule has 2 heterocycles. The van der Waals surface area contributed by atoms with E-state index in [9.17, 15) is 4.39 Å². The third-order valence-corrected chi connectivity index (χ3v) is 4.53. The second-order valence-corrected chi connectivity index (χ2v) is 6.06. The molecule has 1 aromatic carbocycles. The van der Waals surface area contributed by atoms with Crippen molar-refractivity contribution >= 4 is 38.9 Å². The van der Waals surface area contributed by atoms with Crippen molar-refractivity contribution in [3.63, 3.8) is 0 Å². The molecule has 108 valence electrons. The van der Waals surface area contributed by atoms with Gasteiger partial charge in [0.1, 0.15) is 5.69 Å². The summed E-state index contributed by atoms with van der Waals surface area (Å²) in [5, 5.41) is 3.79. The molecular weight excluding hydrogens is 357 g/mol. The second-order valence-electron chi connectivity index (χ2n) is 4.83. The van der Waals surface area contributed by atoms with Gasteiger partial charge in [0, 0.05) is 28.5 Å². The van der Waals surface area contributed by atoms with E-state index in [0.717, 1.165) is 10.2 Å². The second kappa shape index (κ2) is 5.73. The Labute approximate surface area is 135 Å². The van der Waals surface area contributed by atoms with Gasteiger partial charge in [-0.3, -0.25) is 9.98 Å². The Bertz CT molecular complexity index is 733. The van der Waals surface area contributed by atoms with Crippen LogP contribution in [0.15, 0.2) is 39.9 Å². The van der Waals surface area contributed by atoms with Gasteiger partial charge in [0.15, 0.2) is 5.82 Å². The normalized spacial score (nSPS) is 17.5. The lowest BCUT2D eigenvalue weighted by Gasteiger charge is -2.13. The Balaban J connectivity index is 2.29. The van der Waals surface area contributed by atoms with Crippen LogP contribution in [0.4, 0.5) is 10.1 Å². The summed E-state index contributed by atoms with van der Waals surface area (Å²) < 4.78 is 14.9. The summed E-state index contributed by atoms with van der Waals surface area (Å²) in [5.41, 5.74) is 2.20. The Kier molecular flexibility index (Phi) is 3.95. The van der Waals surface area contributed by atoms with Gasteiger partial charge in [0.25, 0.3) is 0 Å². The molecule has 0 unspecified atom stereocenters. The van der Waals surface area contributed by atoms with E-state index in [1.165, 1.54) is 6.07 Å². The lowest BCUT2D eigenvalue weighted by atomic mass is 10.0. The molecule has 0 amide bonds. The minimum Gasteiger partial charge on any atom is -0.382 e. The van der Waals surface area contributed by atoms with Crippen LogP contribution >= 0.6 is 27.5 Å². The number of benzene rings is 1. The van der Waals surface area contributed by atoms with E-state index < -0.39 is 5.82 Å². The van der Waals surface area contributed by atoms with Crippen molar-refractivity contribution in [2.24, 2.45) is 4.99 Å². The smallest absolute Gasteiger partial charge is 0.151 e. The van der Waals surface area contributed by atoms with Gasteiger partial charge in [-0.05, 0) is 47.1 Å². The van der Waals surface area contributed by atoms with Crippen LogP contribution in [-0.2, 0) is 0 Å². The Morgan fingerprint density at radius 2 is 2.19 bits per heavy atom. The number of pyridine rings is 1. The minimum atomic E-state index is -0.410. The number of aromatic nitrogens is 1. The van der Waals surface area contributed by atoms with Gasteiger partial charge in [-0.15, -0.1) is 0 Å². The summed E-state index contributed by atoms with van der Waals surface area (Å²) in [6.07, 6.45) is 1.55. The zero-order valence-electron chi connectivity index (χ0n) is 11.2. The summed E-state index contributed by atoms with van der Waals surface area (Å²) >= 11 is 9.82. The van der Waals surface area contributed by atoms with Crippen LogP contribution < -0.4 is 5.32 Å². The van der Waals surface area contributed by atoms with E-state index in [4.69, 9.17) is 11.6 Å². The number of hydrogen-bond donors (Lipinski definition) is 1. The van der Waals surface area contributed by atoms with Crippen molar-refractivity contribution in [1.29, 1.82) is 0 Å². The van der Waals surface area contributed by atoms with Crippen molar-refractivity contribution in [1.82, 2.24) is 4.98 Å². The molecule has 0 spiro atoms. The molecule has 1 N–H and O–H groups in total. The highest BCUT2D eigenvalue weighted by Crippen LogP contribution is 2.35. The molecule has 6 heteroatoms. The molecule has 1 aliphatic heterocycles. The van der Waals surface area contributed by atoms with E-state index in [-0.39, 0.29) is 11.7 Å². The molecule has 0 saturated carbocycles. The molecule has 3 nitrogen and oxygen atoms in total. The molecule has 0 aliphatic carbocycles. The van der Waals surface area contributed by atoms with Crippen LogP contribution in [0.5, 0.6) is 0 Å². The van der Waals surface area contributed by atoms with E-state index >= 15 is 0 Å². The van der Waals surface area contributed by atoms with E-state index in [1.807, 2.05) is 19.1 Å². The quantitative estimate of drug-likeness (QED) is 0.815. The van der Waals surface area contributed by atoms with Crippen molar-refractivity contribution in [3.8, 4) is 0 Å². The van der Waals surface area contributed by atoms with Gasteiger partial charge < -0.3 is 5.32 Å². The highest BCUT2D eigenvalue weighted by molar-refractivity contribution is 9.10. The molecule has 2 aromatic rings. The standard InChI is InChI=1S/C15H12BrClFN3/c1-8-7-20-11-5-4-9(16)13(17)12(11)15(21-8)14-10(18)3-2-6-19-14/h2-6,8,20H,7H2,1H3/t8-/m0/s1. The molecule has 21 heavy (non-hydrogen) atoms. The highest BCUT2D eigenvalue weighted by atomic mass is 79.9. The molecule has 1 atom stereocenters. The predicted octanol–water partition coefficient (Wildman–Crippen LogP) is 4.29. The molecular formula is C15H12BrClFN3. The molecule has 1 aliphatic rings. The van der Waals surface area contributed by atoms with Crippen LogP contribution in [0.1, 0.15) is 18.2 Å². The zero-order valence-corrected chi connectivity index (χ0v) is 13.5. The number of nitrogens with zero attached hydrogens (tertiary/aromatic N) is 2. The largest absolute Gasteiger partial charge is 0.382 e. The molecule has 0 fully saturated rings. The molecule has 3 rings (SSSR count). The fourth-order valence-corrected chi connectivity index (χ4v) is 2.84. The van der Waals surface area contributed by atoms with Crippen molar-refractivity contribution in [2.45, 2.75) is 13.0 Å². The number of benzodiazepines with no additional fused rings is 1. The summed E-state index contributed by atoms with van der Waals surface area (Å²) in [6.45, 7) is 2.62. The van der Waals surface area contributed by atoms with Crippen LogP contribution in [0.25, 0.3) is 0 Å². The third kappa shape index (κ3) is 2.68. The maximum absolute atomic E-state index is 14.1. The predicted molar refractivity (Wildman–Crippen MR) is 86.9 cm³/mol. The lowest BCUT2D eigenvalue weighted by molar-refractivity contribution is 0.618. The maximum Gasteiger partial charge on any atom is 0.151 e. The summed E-state index contributed by atoms with van der Waals surface area (Å²) in [6, 6.07) is 6.68. The summed E-state index contributed by atoms with van der Waals surface area (Å²) in [7, 11) is 0. The summed E-state index contributed by atoms with van der Waals surface area (Å²) in [5.74, 6) is -0.410. The number of halogens is 3. The first-order valence-electron chi connectivity index (χ1n) is 6.49. The number of aliphatic imine (C=N–C) groups is 1. The Hall–Kier alpha value is -1.46. The molecule has 0 bridgehead atoms. The van der Waals surface area contributed by atoms with Crippen molar-refractivity contribution < 1.29 is 4.39 Å². The number of fused-ring (bicyclic) bond motifs is 1. The number of nitrogens with one attached hydrogen (secondary N) is 1. The topological polar surface area (TPSA) is 37.3 Å². The van der Waals surface area contributed by atoms with E-state index in [2.05, 4.69) is 31.2 Å². The van der Waals surface area contributed by atoms with Crippen LogP contribution in [0.2, 0.25) is 5.02 Å². The average molecular weight is 369 g/mol. The van der Waals surface area contributed by atoms with Crippen LogP contribution in [0.3, 0.4) is 0 Å². The van der Waals surface area contributed by atoms with Crippen molar-refractivity contribution in [3.05, 3.63) is 57.0 Å². The van der Waals surface area contributed by atoms with E-state index in [1.54, 1.807) is 12.3 Å². The van der Waals surface area contributed by atoms with Crippen LogP contribution in [0, 0.1) is 5.82 Å². The first kappa shape index (κ1) is 14.5. The minimum absolute atomic E-state index is 0.0105. The van der Waals surface area contributed by atoms with Crippen molar-refractivity contribution in [2.75, 3.05) is 11.9 Å². The maximum atomic E-state index is 14.1. The monoisotopic (exact) mass is 367 g/mol. The zero-order chi connectivity index (χ0) is 15.0. The fourth-order valence-electron chi connectivity index (χ4n) is 2.26. The molecule has 0 radical (unpaired) electrons. The molecule has 1 aromatic heterocycles. The molecule has 0 saturated heterocycles. The number of hydrogen-bond acceptors (Lipinski definition) is 3. The van der Waals surface area contributed by atoms with Crippen LogP contribution in [-0.4, -0.2) is 23.3 Å². The first-order valence-corrected chi connectivity index (χ1v) is 7.66. The van der Waals surface area contributed by atoms with Gasteiger partial charge >= 0.3 is 0 Å². The van der Waals surface area contributed by atoms with Gasteiger partial charge in [0.05, 0.1) is 16.8 Å². The van der Waals surface area contributed by atoms with Gasteiger partial charge in [-0.1, -0.05) is 11.6 Å². The Morgan fingerprint density at radius 3 is 2.95 bits per heavy atom. The average Bonchev–Trinajstić information content (AvgIpc) is 2.63. The van der Waals surface area contributed by atoms with Gasteiger partial charge in [-0.2, -0.15) is 0 Å². The fraction of sp³-hybridized carbons (Fsp3) is 0.200. The first-order chi connectivity index (χ1) is 10.1. The third-order valence-electron chi connectivity index (χ3n) is 3.25. The lowest BCUT2D eigenvalue weighted by Crippen LogP contribution is -2.13. The number of anilines is 1. The van der Waals surface area contributed by atoms with Gasteiger partial charge in [-0.25, -0.2) is 4.39 Å². The summed E-state index contributed by atoms with van der Waals surface area (Å²) in [4.78, 5) is 8.74. The van der Waals surface area contributed by atoms with E-state index in [0.29, 0.717) is 22.8 Å². The number of rotatable bonds is 1. The SMILES string of the molecule is C[C@H]1CNc2ccc(Br)c(Cl)c2C(c2ncccc2F)=N1.